The monoisotopic (exact) mass is 292 g/mol. The molecule has 0 spiro atoms. The van der Waals surface area contributed by atoms with Crippen molar-refractivity contribution < 1.29 is 9.53 Å². The number of benzene rings is 2. The normalized spacial score (nSPS) is 10.4. The minimum atomic E-state index is 0.634. The Labute approximate surface area is 128 Å². The van der Waals surface area contributed by atoms with E-state index in [1.54, 1.807) is 13.2 Å². The molecular formula is C18H16N2O2. The molecule has 1 N–H and O–H groups in total. The molecule has 1 aromatic heterocycles. The van der Waals surface area contributed by atoms with Crippen LogP contribution in [-0.4, -0.2) is 18.4 Å². The number of nitrogens with one attached hydrogen (secondary N) is 1. The van der Waals surface area contributed by atoms with E-state index in [0.717, 1.165) is 34.3 Å². The minimum absolute atomic E-state index is 0.634. The topological polar surface area (TPSA) is 51.2 Å². The second kappa shape index (κ2) is 6.26. The van der Waals surface area contributed by atoms with Gasteiger partial charge in [-0.15, -0.1) is 0 Å². The van der Waals surface area contributed by atoms with Gasteiger partial charge < -0.3 is 10.1 Å². The smallest absolute Gasteiger partial charge is 0.150 e. The number of fused-ring (bicyclic) bond motifs is 1. The van der Waals surface area contributed by atoms with Crippen LogP contribution >= 0.6 is 0 Å². The highest BCUT2D eigenvalue weighted by molar-refractivity contribution is 5.87. The van der Waals surface area contributed by atoms with Crippen molar-refractivity contribution in [2.45, 2.75) is 6.54 Å². The predicted molar refractivity (Wildman–Crippen MR) is 87.5 cm³/mol. The third-order valence-corrected chi connectivity index (χ3v) is 3.50. The Morgan fingerprint density at radius 3 is 2.82 bits per heavy atom. The lowest BCUT2D eigenvalue weighted by Gasteiger charge is -2.10. The molecule has 0 unspecified atom stereocenters. The van der Waals surface area contributed by atoms with Crippen molar-refractivity contribution in [1.82, 2.24) is 4.98 Å². The van der Waals surface area contributed by atoms with Gasteiger partial charge in [-0.3, -0.25) is 4.79 Å². The zero-order chi connectivity index (χ0) is 15.4. The molecule has 0 aliphatic carbocycles. The number of aldehydes is 1. The van der Waals surface area contributed by atoms with E-state index < -0.39 is 0 Å². The molecule has 0 saturated carbocycles. The Morgan fingerprint density at radius 1 is 1.14 bits per heavy atom. The number of hydrogen-bond acceptors (Lipinski definition) is 4. The van der Waals surface area contributed by atoms with Gasteiger partial charge in [-0.25, -0.2) is 4.98 Å². The van der Waals surface area contributed by atoms with Crippen LogP contribution in [0.4, 0.5) is 5.82 Å². The fourth-order valence-corrected chi connectivity index (χ4v) is 2.35. The van der Waals surface area contributed by atoms with Crippen LogP contribution in [0, 0.1) is 0 Å². The summed E-state index contributed by atoms with van der Waals surface area (Å²) in [7, 11) is 1.66. The molecular weight excluding hydrogens is 276 g/mol. The molecule has 0 aliphatic rings. The number of pyridine rings is 1. The fourth-order valence-electron chi connectivity index (χ4n) is 2.35. The Kier molecular flexibility index (Phi) is 4.01. The summed E-state index contributed by atoms with van der Waals surface area (Å²) in [4.78, 5) is 15.3. The molecule has 3 rings (SSSR count). The molecule has 0 radical (unpaired) electrons. The summed E-state index contributed by atoms with van der Waals surface area (Å²) in [5.74, 6) is 1.64. The molecule has 4 heteroatoms. The van der Waals surface area contributed by atoms with Crippen molar-refractivity contribution in [2.75, 3.05) is 12.4 Å². The molecule has 0 amide bonds. The first-order chi connectivity index (χ1) is 10.8. The highest BCUT2D eigenvalue weighted by Crippen LogP contribution is 2.20. The van der Waals surface area contributed by atoms with Crippen LogP contribution in [0.1, 0.15) is 15.9 Å². The van der Waals surface area contributed by atoms with Gasteiger partial charge in [-0.2, -0.15) is 0 Å². The number of rotatable bonds is 5. The van der Waals surface area contributed by atoms with Gasteiger partial charge >= 0.3 is 0 Å². The molecule has 1 heterocycles. The third-order valence-electron chi connectivity index (χ3n) is 3.50. The number of nitrogens with zero attached hydrogens (tertiary/aromatic N) is 1. The summed E-state index contributed by atoms with van der Waals surface area (Å²) >= 11 is 0. The second-order valence-corrected chi connectivity index (χ2v) is 4.93. The molecule has 110 valence electrons. The van der Waals surface area contributed by atoms with E-state index in [9.17, 15) is 4.79 Å². The number of para-hydroxylation sites is 1. The summed E-state index contributed by atoms with van der Waals surface area (Å²) in [6.07, 6.45) is 0.841. The zero-order valence-electron chi connectivity index (χ0n) is 12.2. The van der Waals surface area contributed by atoms with Gasteiger partial charge in [0.15, 0.2) is 0 Å². The maximum Gasteiger partial charge on any atom is 0.150 e. The van der Waals surface area contributed by atoms with Crippen LogP contribution < -0.4 is 10.1 Å². The molecule has 4 nitrogen and oxygen atoms in total. The lowest BCUT2D eigenvalue weighted by Crippen LogP contribution is -2.03. The standard InChI is InChI=1S/C18H16N2O2/c1-22-17-5-3-2-4-15(17)11-19-18-9-7-14-10-13(12-21)6-8-16(14)20-18/h2-10,12H,11H2,1H3,(H,19,20). The molecule has 0 atom stereocenters. The van der Waals surface area contributed by atoms with Gasteiger partial charge in [0.25, 0.3) is 0 Å². The second-order valence-electron chi connectivity index (χ2n) is 4.93. The average molecular weight is 292 g/mol. The first-order valence-electron chi connectivity index (χ1n) is 7.02. The summed E-state index contributed by atoms with van der Waals surface area (Å²) in [6.45, 7) is 0.634. The number of hydrogen-bond donors (Lipinski definition) is 1. The van der Waals surface area contributed by atoms with Crippen molar-refractivity contribution in [2.24, 2.45) is 0 Å². The molecule has 22 heavy (non-hydrogen) atoms. The van der Waals surface area contributed by atoms with Crippen LogP contribution in [0.5, 0.6) is 5.75 Å². The van der Waals surface area contributed by atoms with Gasteiger partial charge in [-0.05, 0) is 36.4 Å². The van der Waals surface area contributed by atoms with Crippen LogP contribution in [-0.2, 0) is 6.54 Å². The van der Waals surface area contributed by atoms with E-state index >= 15 is 0 Å². The first kappa shape index (κ1) is 14.1. The Morgan fingerprint density at radius 2 is 2.00 bits per heavy atom. The lowest BCUT2D eigenvalue weighted by molar-refractivity contribution is 0.112. The quantitative estimate of drug-likeness (QED) is 0.729. The average Bonchev–Trinajstić information content (AvgIpc) is 2.59. The third kappa shape index (κ3) is 2.91. The first-order valence-corrected chi connectivity index (χ1v) is 7.02. The van der Waals surface area contributed by atoms with Crippen LogP contribution in [0.3, 0.4) is 0 Å². The number of ether oxygens (including phenoxy) is 1. The van der Waals surface area contributed by atoms with Crippen LogP contribution in [0.15, 0.2) is 54.6 Å². The van der Waals surface area contributed by atoms with E-state index in [1.165, 1.54) is 0 Å². The largest absolute Gasteiger partial charge is 0.496 e. The van der Waals surface area contributed by atoms with Crippen LogP contribution in [0.2, 0.25) is 0 Å². The number of aromatic nitrogens is 1. The summed E-state index contributed by atoms with van der Waals surface area (Å²) in [6, 6.07) is 17.2. The van der Waals surface area contributed by atoms with Gasteiger partial charge in [0.05, 0.1) is 12.6 Å². The van der Waals surface area contributed by atoms with E-state index in [0.29, 0.717) is 12.1 Å². The molecule has 0 fully saturated rings. The zero-order valence-corrected chi connectivity index (χ0v) is 12.2. The van der Waals surface area contributed by atoms with E-state index in [-0.39, 0.29) is 0 Å². The van der Waals surface area contributed by atoms with Crippen molar-refractivity contribution >= 4 is 23.0 Å². The maximum atomic E-state index is 10.8. The number of anilines is 1. The summed E-state index contributed by atoms with van der Waals surface area (Å²) in [5.41, 5.74) is 2.59. The summed E-state index contributed by atoms with van der Waals surface area (Å²) in [5, 5.41) is 4.25. The minimum Gasteiger partial charge on any atom is -0.496 e. The highest BCUT2D eigenvalue weighted by Gasteiger charge is 2.03. The van der Waals surface area contributed by atoms with Crippen molar-refractivity contribution in [3.63, 3.8) is 0 Å². The van der Waals surface area contributed by atoms with Crippen LogP contribution in [0.25, 0.3) is 10.9 Å². The number of methoxy groups -OCH3 is 1. The van der Waals surface area contributed by atoms with Gasteiger partial charge in [-0.1, -0.05) is 18.2 Å². The van der Waals surface area contributed by atoms with E-state index in [1.807, 2.05) is 48.5 Å². The fraction of sp³-hybridized carbons (Fsp3) is 0.111. The Balaban J connectivity index is 1.80. The molecule has 0 aliphatic heterocycles. The van der Waals surface area contributed by atoms with Crippen molar-refractivity contribution in [3.8, 4) is 5.75 Å². The number of carbonyl (C=O) groups is 1. The lowest BCUT2D eigenvalue weighted by atomic mass is 10.1. The van der Waals surface area contributed by atoms with E-state index in [2.05, 4.69) is 10.3 Å². The Bertz CT molecular complexity index is 815. The number of carbonyl (C=O) groups excluding carboxylic acids is 1. The maximum absolute atomic E-state index is 10.8. The predicted octanol–water partition coefficient (Wildman–Crippen LogP) is 3.67. The molecule has 2 aromatic carbocycles. The van der Waals surface area contributed by atoms with Gasteiger partial charge in [0, 0.05) is 23.1 Å². The van der Waals surface area contributed by atoms with Gasteiger partial charge in [0.2, 0.25) is 0 Å². The van der Waals surface area contributed by atoms with Crippen molar-refractivity contribution in [1.29, 1.82) is 0 Å². The van der Waals surface area contributed by atoms with E-state index in [4.69, 9.17) is 4.74 Å². The Hall–Kier alpha value is -2.88. The molecule has 0 bridgehead atoms. The SMILES string of the molecule is COc1ccccc1CNc1ccc2cc(C=O)ccc2n1. The molecule has 3 aromatic rings. The summed E-state index contributed by atoms with van der Waals surface area (Å²) < 4.78 is 5.34. The van der Waals surface area contributed by atoms with Crippen molar-refractivity contribution in [3.05, 3.63) is 65.7 Å². The molecule has 0 saturated heterocycles. The van der Waals surface area contributed by atoms with Gasteiger partial charge in [0.1, 0.15) is 17.9 Å². The highest BCUT2D eigenvalue weighted by atomic mass is 16.5.